The number of hydrogen-bond donors (Lipinski definition) is 2. The number of thiol groups is 1. The smallest absolute Gasteiger partial charge is 0.391 e. The standard InChI is InChI=1S/C44H52F3N5O8S/c1-6-27-24-43(27,41(56)52(61(57)58)29-12-13-29)49-39(54)36-21-31(60-37-23-34(26-10-8-7-9-11-26)48-35-20-30(59-5)14-15-32(35)37)25-51(36)40(55)33(42(2,3)4)22-38(53)50-18-16-28(17-19-50)44(45,46)47/h6-11,14-15,20,23,27-29,31,33,36,61H,1,12-13,16-19,21-22,24-25H2,2-5H3,(H,49,54)/t27-,31-,33-,36+,43-/m1/s1. The van der Waals surface area contributed by atoms with Gasteiger partial charge in [0.15, 0.2) is 0 Å². The Morgan fingerprint density at radius 1 is 1.03 bits per heavy atom. The molecule has 2 aliphatic carbocycles. The van der Waals surface area contributed by atoms with E-state index in [2.05, 4.69) is 11.9 Å². The summed E-state index contributed by atoms with van der Waals surface area (Å²) in [5, 5.41) is 3.49. The van der Waals surface area contributed by atoms with Crippen LogP contribution in [-0.4, -0.2) is 108 Å². The van der Waals surface area contributed by atoms with E-state index >= 15 is 0 Å². The molecule has 1 N–H and O–H groups in total. The van der Waals surface area contributed by atoms with E-state index in [1.165, 1.54) is 15.9 Å². The lowest BCUT2D eigenvalue weighted by atomic mass is 9.77. The third kappa shape index (κ3) is 9.21. The van der Waals surface area contributed by atoms with E-state index in [-0.39, 0.29) is 51.7 Å². The quantitative estimate of drug-likeness (QED) is 0.163. The zero-order valence-electron chi connectivity index (χ0n) is 34.7. The van der Waals surface area contributed by atoms with Crippen LogP contribution in [0.5, 0.6) is 11.5 Å². The van der Waals surface area contributed by atoms with E-state index in [0.717, 1.165) is 9.87 Å². The van der Waals surface area contributed by atoms with Crippen molar-refractivity contribution in [1.82, 2.24) is 24.4 Å². The highest BCUT2D eigenvalue weighted by Crippen LogP contribution is 2.48. The molecule has 0 unspecified atom stereocenters. The van der Waals surface area contributed by atoms with Gasteiger partial charge in [-0.25, -0.2) is 17.7 Å². The fourth-order valence-corrected chi connectivity index (χ4v) is 9.48. The summed E-state index contributed by atoms with van der Waals surface area (Å²) in [6.45, 7) is 8.87. The number of pyridine rings is 1. The highest BCUT2D eigenvalue weighted by atomic mass is 32.2. The third-order valence-electron chi connectivity index (χ3n) is 12.5. The topological polar surface area (TPSA) is 156 Å². The van der Waals surface area contributed by atoms with Crippen molar-refractivity contribution in [3.8, 4) is 22.8 Å². The molecule has 4 fully saturated rings. The van der Waals surface area contributed by atoms with Gasteiger partial charge < -0.3 is 24.6 Å². The molecule has 1 aromatic heterocycles. The normalized spacial score (nSPS) is 23.7. The molecule has 2 saturated carbocycles. The van der Waals surface area contributed by atoms with Crippen molar-refractivity contribution >= 4 is 45.4 Å². The molecule has 0 spiro atoms. The average molecular weight is 868 g/mol. The van der Waals surface area contributed by atoms with Crippen LogP contribution in [0, 0.1) is 23.2 Å². The number of ether oxygens (including phenoxy) is 2. The minimum atomic E-state index is -4.36. The Hall–Kier alpha value is -5.19. The molecule has 61 heavy (non-hydrogen) atoms. The molecule has 2 aromatic carbocycles. The fourth-order valence-electron chi connectivity index (χ4n) is 8.65. The van der Waals surface area contributed by atoms with Gasteiger partial charge in [-0.2, -0.15) is 13.2 Å². The van der Waals surface area contributed by atoms with Crippen LogP contribution in [0.15, 0.2) is 67.3 Å². The number of hydrogen-bond acceptors (Lipinski definition) is 9. The molecule has 3 heterocycles. The van der Waals surface area contributed by atoms with Gasteiger partial charge in [0, 0.05) is 61.0 Å². The summed E-state index contributed by atoms with van der Waals surface area (Å²) in [7, 11) is -1.75. The molecule has 5 atom stereocenters. The molecule has 13 nitrogen and oxygen atoms in total. The highest BCUT2D eigenvalue weighted by molar-refractivity contribution is 7.70. The maximum Gasteiger partial charge on any atom is 0.391 e. The van der Waals surface area contributed by atoms with Crippen molar-refractivity contribution in [2.24, 2.45) is 23.2 Å². The summed E-state index contributed by atoms with van der Waals surface area (Å²) >= 11 is 0. The first-order valence-corrected chi connectivity index (χ1v) is 21.8. The van der Waals surface area contributed by atoms with Gasteiger partial charge in [-0.3, -0.25) is 19.2 Å². The summed E-state index contributed by atoms with van der Waals surface area (Å²) in [6.07, 6.45) is -3.30. The minimum Gasteiger partial charge on any atom is -0.497 e. The van der Waals surface area contributed by atoms with Crippen molar-refractivity contribution < 1.29 is 50.2 Å². The zero-order valence-corrected chi connectivity index (χ0v) is 35.5. The number of aromatic nitrogens is 1. The third-order valence-corrected chi connectivity index (χ3v) is 13.4. The van der Waals surface area contributed by atoms with E-state index in [9.17, 15) is 40.8 Å². The second-order valence-electron chi connectivity index (χ2n) is 17.7. The van der Waals surface area contributed by atoms with Gasteiger partial charge in [0.05, 0.1) is 36.7 Å². The molecular weight excluding hydrogens is 816 g/mol. The van der Waals surface area contributed by atoms with Crippen molar-refractivity contribution in [3.05, 3.63) is 67.3 Å². The monoisotopic (exact) mass is 867 g/mol. The van der Waals surface area contributed by atoms with E-state index in [1.54, 1.807) is 52.1 Å². The molecule has 0 radical (unpaired) electrons. The Kier molecular flexibility index (Phi) is 12.2. The van der Waals surface area contributed by atoms with Crippen molar-refractivity contribution in [3.63, 3.8) is 0 Å². The first-order chi connectivity index (χ1) is 28.8. The second kappa shape index (κ2) is 16.9. The number of carbonyl (C=O) groups excluding carboxylic acids is 4. The maximum absolute atomic E-state index is 14.9. The van der Waals surface area contributed by atoms with Crippen LogP contribution >= 0.6 is 0 Å². The Bertz CT molecular complexity index is 2260. The predicted molar refractivity (Wildman–Crippen MR) is 221 cm³/mol. The summed E-state index contributed by atoms with van der Waals surface area (Å²) in [5.41, 5.74) is -0.439. The van der Waals surface area contributed by atoms with Crippen LogP contribution in [0.4, 0.5) is 13.2 Å². The number of nitrogens with one attached hydrogen (secondary N) is 1. The lowest BCUT2D eigenvalue weighted by molar-refractivity contribution is -0.186. The van der Waals surface area contributed by atoms with E-state index < -0.39 is 87.6 Å². The number of likely N-dealkylation sites (tertiary alicyclic amines) is 2. The lowest BCUT2D eigenvalue weighted by Gasteiger charge is -2.37. The number of nitrogens with zero attached hydrogens (tertiary/aromatic N) is 4. The van der Waals surface area contributed by atoms with E-state index in [1.807, 2.05) is 30.3 Å². The van der Waals surface area contributed by atoms with E-state index in [4.69, 9.17) is 14.5 Å². The lowest BCUT2D eigenvalue weighted by Crippen LogP contribution is -2.57. The second-order valence-corrected chi connectivity index (χ2v) is 18.6. The summed E-state index contributed by atoms with van der Waals surface area (Å²) < 4.78 is 77.9. The van der Waals surface area contributed by atoms with Gasteiger partial charge in [0.2, 0.25) is 28.6 Å². The van der Waals surface area contributed by atoms with Crippen LogP contribution in [0.25, 0.3) is 22.2 Å². The number of carbonyl (C=O) groups is 4. The molecular formula is C44H52F3N5O8S. The molecule has 7 rings (SSSR count). The van der Waals surface area contributed by atoms with Gasteiger partial charge in [0.25, 0.3) is 5.91 Å². The molecule has 3 aromatic rings. The van der Waals surface area contributed by atoms with Crippen LogP contribution < -0.4 is 14.8 Å². The summed E-state index contributed by atoms with van der Waals surface area (Å²) in [5.74, 6) is -4.52. The molecule has 328 valence electrons. The largest absolute Gasteiger partial charge is 0.497 e. The number of piperidine rings is 1. The first-order valence-electron chi connectivity index (χ1n) is 20.6. The van der Waals surface area contributed by atoms with Gasteiger partial charge in [-0.1, -0.05) is 57.2 Å². The molecule has 2 saturated heterocycles. The van der Waals surface area contributed by atoms with Crippen molar-refractivity contribution in [2.75, 3.05) is 26.7 Å². The molecule has 17 heteroatoms. The number of amides is 4. The van der Waals surface area contributed by atoms with Gasteiger partial charge >= 0.3 is 6.18 Å². The van der Waals surface area contributed by atoms with Crippen LogP contribution in [0.3, 0.4) is 0 Å². The summed E-state index contributed by atoms with van der Waals surface area (Å²) in [4.78, 5) is 64.8. The highest BCUT2D eigenvalue weighted by Gasteiger charge is 2.63. The van der Waals surface area contributed by atoms with Crippen LogP contribution in [0.2, 0.25) is 0 Å². The zero-order chi connectivity index (χ0) is 44.0. The van der Waals surface area contributed by atoms with E-state index in [0.29, 0.717) is 40.9 Å². The predicted octanol–water partition coefficient (Wildman–Crippen LogP) is 5.69. The Morgan fingerprint density at radius 3 is 2.30 bits per heavy atom. The fraction of sp³-hybridized carbons (Fsp3) is 0.523. The minimum absolute atomic E-state index is 0.0286. The number of halogens is 3. The molecule has 4 amide bonds. The Morgan fingerprint density at radius 2 is 1.72 bits per heavy atom. The molecule has 2 aliphatic heterocycles. The Balaban J connectivity index is 1.21. The van der Waals surface area contributed by atoms with Crippen LogP contribution in [-0.2, 0) is 30.1 Å². The maximum atomic E-state index is 14.9. The van der Waals surface area contributed by atoms with Gasteiger partial charge in [-0.15, -0.1) is 6.58 Å². The average Bonchev–Trinajstić information content (AvgIpc) is 4.15. The first kappa shape index (κ1) is 43.9. The Labute approximate surface area is 354 Å². The number of rotatable bonds is 13. The SMILES string of the molecule is C=C[C@@H]1C[C@]1(NC(=O)[C@@H]1C[C@@H](Oc2cc(-c3ccccc3)nc3cc(OC)ccc23)CN1C(=O)[C@@H](CC(=O)N1CCC(C(F)(F)F)CC1)C(C)(C)C)C(=O)N(C1CC1)[SH](=O)=O. The van der Waals surface area contributed by atoms with Crippen molar-refractivity contribution in [2.45, 2.75) is 95.6 Å². The van der Waals surface area contributed by atoms with Crippen LogP contribution in [0.1, 0.15) is 65.7 Å². The van der Waals surface area contributed by atoms with Gasteiger partial charge in [0.1, 0.15) is 29.2 Å². The van der Waals surface area contributed by atoms with Gasteiger partial charge in [-0.05, 0) is 49.7 Å². The summed E-state index contributed by atoms with van der Waals surface area (Å²) in [6, 6.07) is 14.9. The number of alkyl halides is 3. The number of fused-ring (bicyclic) bond motifs is 1. The molecule has 4 aliphatic rings. The number of benzene rings is 2. The molecule has 0 bridgehead atoms. The number of methoxy groups -OCH3 is 1. The van der Waals surface area contributed by atoms with Crippen molar-refractivity contribution in [1.29, 1.82) is 0 Å².